The largest absolute Gasteiger partial charge is 0.480 e. The van der Waals surface area contributed by atoms with Gasteiger partial charge in [-0.15, -0.1) is 0 Å². The number of nitrogens with one attached hydrogen (secondary N) is 3. The molecule has 4 amide bonds. The first kappa shape index (κ1) is 24.1. The molecule has 0 radical (unpaired) electrons. The standard InChI is InChI=1S/C23H26N4O5S/c1-33-12-11-17(22(30)31)25-21(29)18(13-15-7-3-2-4-8-15)26-23(32)27-14-20(28)24-16-9-5-6-10-19(16)27/h2-10,17-18H,11-14H2,1H3,(H,24,28)(H,25,29)(H,26,32)(H,30,31). The van der Waals surface area contributed by atoms with Gasteiger partial charge in [0.25, 0.3) is 0 Å². The van der Waals surface area contributed by atoms with Crippen LogP contribution >= 0.6 is 11.8 Å². The van der Waals surface area contributed by atoms with Gasteiger partial charge in [0.1, 0.15) is 18.6 Å². The summed E-state index contributed by atoms with van der Waals surface area (Å²) in [5.41, 5.74) is 1.80. The number of carboxylic acid groups (broad SMARTS) is 1. The molecule has 174 valence electrons. The van der Waals surface area contributed by atoms with Gasteiger partial charge in [-0.2, -0.15) is 11.8 Å². The topological polar surface area (TPSA) is 128 Å². The summed E-state index contributed by atoms with van der Waals surface area (Å²) in [5, 5.41) is 17.4. The van der Waals surface area contributed by atoms with E-state index in [9.17, 15) is 24.3 Å². The SMILES string of the molecule is CSCCC(NC(=O)C(Cc1ccccc1)NC(=O)N1CC(=O)Nc2ccccc21)C(=O)O. The van der Waals surface area contributed by atoms with E-state index in [1.54, 1.807) is 24.3 Å². The summed E-state index contributed by atoms with van der Waals surface area (Å²) in [6.07, 6.45) is 2.27. The highest BCUT2D eigenvalue weighted by molar-refractivity contribution is 7.98. The molecule has 1 aliphatic rings. The fourth-order valence-corrected chi connectivity index (χ4v) is 3.94. The molecule has 2 aromatic carbocycles. The van der Waals surface area contributed by atoms with E-state index in [0.29, 0.717) is 17.1 Å². The van der Waals surface area contributed by atoms with Gasteiger partial charge in [-0.3, -0.25) is 14.5 Å². The van der Waals surface area contributed by atoms with Crippen molar-refractivity contribution in [3.8, 4) is 0 Å². The van der Waals surface area contributed by atoms with Crippen molar-refractivity contribution in [3.63, 3.8) is 0 Å². The lowest BCUT2D eigenvalue weighted by Gasteiger charge is -2.31. The van der Waals surface area contributed by atoms with E-state index in [-0.39, 0.29) is 25.3 Å². The van der Waals surface area contributed by atoms with Crippen molar-refractivity contribution in [3.05, 3.63) is 60.2 Å². The molecule has 0 bridgehead atoms. The van der Waals surface area contributed by atoms with Crippen LogP contribution < -0.4 is 20.9 Å². The molecule has 0 fully saturated rings. The normalized spacial score (nSPS) is 14.5. The molecule has 1 heterocycles. The van der Waals surface area contributed by atoms with Crippen molar-refractivity contribution < 1.29 is 24.3 Å². The minimum absolute atomic E-state index is 0.162. The Labute approximate surface area is 195 Å². The Bertz CT molecular complexity index is 1020. The fraction of sp³-hybridized carbons (Fsp3) is 0.304. The van der Waals surface area contributed by atoms with Crippen LogP contribution in [0.25, 0.3) is 0 Å². The summed E-state index contributed by atoms with van der Waals surface area (Å²) in [7, 11) is 0. The Morgan fingerprint density at radius 3 is 2.45 bits per heavy atom. The number of thioether (sulfide) groups is 1. The molecule has 10 heteroatoms. The predicted molar refractivity (Wildman–Crippen MR) is 127 cm³/mol. The average molecular weight is 471 g/mol. The molecule has 33 heavy (non-hydrogen) atoms. The molecule has 0 spiro atoms. The highest BCUT2D eigenvalue weighted by Gasteiger charge is 2.31. The average Bonchev–Trinajstić information content (AvgIpc) is 2.81. The summed E-state index contributed by atoms with van der Waals surface area (Å²) in [6, 6.07) is 13.2. The van der Waals surface area contributed by atoms with Crippen LogP contribution in [0.3, 0.4) is 0 Å². The van der Waals surface area contributed by atoms with Crippen molar-refractivity contribution in [2.45, 2.75) is 24.9 Å². The van der Waals surface area contributed by atoms with Crippen molar-refractivity contribution >= 4 is 47.0 Å². The molecule has 2 unspecified atom stereocenters. The van der Waals surface area contributed by atoms with Gasteiger partial charge >= 0.3 is 12.0 Å². The summed E-state index contributed by atoms with van der Waals surface area (Å²) in [6.45, 7) is -0.200. The van der Waals surface area contributed by atoms with Crippen molar-refractivity contribution in [1.29, 1.82) is 0 Å². The summed E-state index contributed by atoms with van der Waals surface area (Å²) < 4.78 is 0. The first-order valence-corrected chi connectivity index (χ1v) is 11.8. The lowest BCUT2D eigenvalue weighted by atomic mass is 10.0. The van der Waals surface area contributed by atoms with E-state index >= 15 is 0 Å². The van der Waals surface area contributed by atoms with Gasteiger partial charge in [0.2, 0.25) is 11.8 Å². The second-order valence-corrected chi connectivity index (χ2v) is 8.51. The molecule has 1 aliphatic heterocycles. The number of carbonyl (C=O) groups is 4. The smallest absolute Gasteiger partial charge is 0.326 e. The maximum absolute atomic E-state index is 13.1. The molecule has 0 saturated heterocycles. The Hall–Kier alpha value is -3.53. The van der Waals surface area contributed by atoms with Crippen LogP contribution in [0.15, 0.2) is 54.6 Å². The van der Waals surface area contributed by atoms with Crippen LogP contribution in [0.5, 0.6) is 0 Å². The molecule has 3 rings (SSSR count). The minimum atomic E-state index is -1.14. The number of hydrogen-bond donors (Lipinski definition) is 4. The van der Waals surface area contributed by atoms with Crippen LogP contribution in [-0.4, -0.2) is 59.6 Å². The highest BCUT2D eigenvalue weighted by Crippen LogP contribution is 2.28. The third kappa shape index (κ3) is 6.48. The monoisotopic (exact) mass is 470 g/mol. The van der Waals surface area contributed by atoms with E-state index in [4.69, 9.17) is 0 Å². The third-order valence-corrected chi connectivity index (χ3v) is 5.78. The molecular weight excluding hydrogens is 444 g/mol. The van der Waals surface area contributed by atoms with Crippen LogP contribution in [0, 0.1) is 0 Å². The molecular formula is C23H26N4O5S. The van der Waals surface area contributed by atoms with Gasteiger partial charge < -0.3 is 21.1 Å². The Kier molecular flexibility index (Phi) is 8.31. The van der Waals surface area contributed by atoms with Gasteiger partial charge in [0.05, 0.1) is 11.4 Å². The lowest BCUT2D eigenvalue weighted by Crippen LogP contribution is -2.56. The van der Waals surface area contributed by atoms with E-state index in [0.717, 1.165) is 5.56 Å². The molecule has 0 aromatic heterocycles. The molecule has 2 atom stereocenters. The first-order chi connectivity index (χ1) is 15.9. The van der Waals surface area contributed by atoms with E-state index in [1.807, 2.05) is 36.6 Å². The van der Waals surface area contributed by atoms with E-state index in [2.05, 4.69) is 16.0 Å². The first-order valence-electron chi connectivity index (χ1n) is 10.4. The summed E-state index contributed by atoms with van der Waals surface area (Å²) in [5.74, 6) is -1.53. The second-order valence-electron chi connectivity index (χ2n) is 7.52. The summed E-state index contributed by atoms with van der Waals surface area (Å²) in [4.78, 5) is 51.2. The van der Waals surface area contributed by atoms with Crippen molar-refractivity contribution in [1.82, 2.24) is 10.6 Å². The van der Waals surface area contributed by atoms with E-state index in [1.165, 1.54) is 16.7 Å². The maximum Gasteiger partial charge on any atom is 0.326 e. The van der Waals surface area contributed by atoms with Crippen molar-refractivity contribution in [2.24, 2.45) is 0 Å². The zero-order valence-corrected chi connectivity index (χ0v) is 18.9. The number of hydrogen-bond acceptors (Lipinski definition) is 5. The third-order valence-electron chi connectivity index (χ3n) is 5.14. The number of benzene rings is 2. The summed E-state index contributed by atoms with van der Waals surface area (Å²) >= 11 is 1.48. The van der Waals surface area contributed by atoms with Crippen LogP contribution in [0.4, 0.5) is 16.2 Å². The maximum atomic E-state index is 13.1. The number of rotatable bonds is 9. The van der Waals surface area contributed by atoms with Crippen LogP contribution in [0.2, 0.25) is 0 Å². The van der Waals surface area contributed by atoms with Gasteiger partial charge in [0, 0.05) is 6.42 Å². The van der Waals surface area contributed by atoms with Crippen LogP contribution in [-0.2, 0) is 20.8 Å². The quantitative estimate of drug-likeness (QED) is 0.444. The van der Waals surface area contributed by atoms with Crippen LogP contribution in [0.1, 0.15) is 12.0 Å². The predicted octanol–water partition coefficient (Wildman–Crippen LogP) is 2.09. The molecule has 4 N–H and O–H groups in total. The zero-order chi connectivity index (χ0) is 23.8. The van der Waals surface area contributed by atoms with Gasteiger partial charge in [0.15, 0.2) is 0 Å². The molecule has 9 nitrogen and oxygen atoms in total. The molecule has 2 aromatic rings. The van der Waals surface area contributed by atoms with Gasteiger partial charge in [-0.1, -0.05) is 42.5 Å². The van der Waals surface area contributed by atoms with Gasteiger partial charge in [-0.25, -0.2) is 9.59 Å². The molecule has 0 aliphatic carbocycles. The number of carboxylic acids is 1. The Morgan fingerprint density at radius 1 is 1.06 bits per heavy atom. The second kappa shape index (κ2) is 11.4. The highest BCUT2D eigenvalue weighted by atomic mass is 32.2. The number of carbonyl (C=O) groups excluding carboxylic acids is 3. The number of anilines is 2. The number of aliphatic carboxylic acids is 1. The Balaban J connectivity index is 1.81. The number of urea groups is 1. The molecule has 0 saturated carbocycles. The zero-order valence-electron chi connectivity index (χ0n) is 18.1. The van der Waals surface area contributed by atoms with E-state index < -0.39 is 30.0 Å². The lowest BCUT2D eigenvalue weighted by molar-refractivity contribution is -0.142. The van der Waals surface area contributed by atoms with Crippen molar-refractivity contribution in [2.75, 3.05) is 28.8 Å². The number of fused-ring (bicyclic) bond motifs is 1. The minimum Gasteiger partial charge on any atom is -0.480 e. The Morgan fingerprint density at radius 2 is 1.76 bits per heavy atom. The number of para-hydroxylation sites is 2. The number of nitrogens with zero attached hydrogens (tertiary/aromatic N) is 1. The van der Waals surface area contributed by atoms with Gasteiger partial charge in [-0.05, 0) is 36.1 Å². The number of amides is 4. The fourth-order valence-electron chi connectivity index (χ4n) is 3.47.